The van der Waals surface area contributed by atoms with Crippen molar-refractivity contribution in [1.82, 2.24) is 15.3 Å². The van der Waals surface area contributed by atoms with Gasteiger partial charge in [0.1, 0.15) is 0 Å². The largest absolute Gasteiger partial charge is 0.303 e. The molecule has 86 valence electrons. The van der Waals surface area contributed by atoms with Gasteiger partial charge in [0.2, 0.25) is 0 Å². The fourth-order valence-electron chi connectivity index (χ4n) is 2.34. The minimum absolute atomic E-state index is 0.383. The van der Waals surface area contributed by atoms with E-state index in [1.165, 1.54) is 11.3 Å². The van der Waals surface area contributed by atoms with Gasteiger partial charge in [-0.1, -0.05) is 12.1 Å². The molecule has 1 aliphatic carbocycles. The molecule has 0 saturated carbocycles. The molecule has 0 spiro atoms. The number of fused-ring (bicyclic) bond motifs is 1. The van der Waals surface area contributed by atoms with Crippen LogP contribution in [0.2, 0.25) is 0 Å². The fourth-order valence-corrected chi connectivity index (χ4v) is 2.34. The Morgan fingerprint density at radius 2 is 2.06 bits per heavy atom. The Bertz CT molecular complexity index is 496. The van der Waals surface area contributed by atoms with Gasteiger partial charge in [-0.3, -0.25) is 9.97 Å². The summed E-state index contributed by atoms with van der Waals surface area (Å²) in [4.78, 5) is 8.78. The lowest BCUT2D eigenvalue weighted by Crippen LogP contribution is -2.19. The first-order valence-corrected chi connectivity index (χ1v) is 6.00. The van der Waals surface area contributed by atoms with E-state index >= 15 is 0 Å². The first kappa shape index (κ1) is 10.4. The van der Waals surface area contributed by atoms with Crippen LogP contribution in [0.15, 0.2) is 42.7 Å². The highest BCUT2D eigenvalue weighted by Gasteiger charge is 2.22. The number of nitrogens with zero attached hydrogens (tertiary/aromatic N) is 2. The van der Waals surface area contributed by atoms with Crippen LogP contribution in [0.3, 0.4) is 0 Å². The molecule has 3 heteroatoms. The zero-order chi connectivity index (χ0) is 11.5. The molecule has 0 saturated heterocycles. The molecular formula is C14H15N3. The average molecular weight is 225 g/mol. The highest BCUT2D eigenvalue weighted by molar-refractivity contribution is 5.27. The highest BCUT2D eigenvalue weighted by Crippen LogP contribution is 2.28. The normalized spacial score (nSPS) is 18.0. The van der Waals surface area contributed by atoms with Crippen LogP contribution in [-0.4, -0.2) is 9.97 Å². The topological polar surface area (TPSA) is 37.8 Å². The van der Waals surface area contributed by atoms with E-state index in [1.54, 1.807) is 0 Å². The second-order valence-electron chi connectivity index (χ2n) is 4.34. The molecule has 0 aromatic carbocycles. The lowest BCUT2D eigenvalue weighted by Gasteiger charge is -2.12. The minimum atomic E-state index is 0.383. The number of aromatic nitrogens is 2. The summed E-state index contributed by atoms with van der Waals surface area (Å²) in [6.07, 6.45) is 5.97. The van der Waals surface area contributed by atoms with E-state index < -0.39 is 0 Å². The summed E-state index contributed by atoms with van der Waals surface area (Å²) < 4.78 is 0. The lowest BCUT2D eigenvalue weighted by atomic mass is 10.2. The molecule has 1 unspecified atom stereocenters. The number of hydrogen-bond acceptors (Lipinski definition) is 3. The van der Waals surface area contributed by atoms with Crippen molar-refractivity contribution in [3.63, 3.8) is 0 Å². The van der Waals surface area contributed by atoms with Crippen molar-refractivity contribution >= 4 is 0 Å². The Morgan fingerprint density at radius 1 is 1.12 bits per heavy atom. The second-order valence-corrected chi connectivity index (χ2v) is 4.34. The zero-order valence-corrected chi connectivity index (χ0v) is 9.63. The van der Waals surface area contributed by atoms with Crippen LogP contribution in [0.5, 0.6) is 0 Å². The number of rotatable bonds is 3. The monoisotopic (exact) mass is 225 g/mol. The summed E-state index contributed by atoms with van der Waals surface area (Å²) in [6.45, 7) is 0.807. The summed E-state index contributed by atoms with van der Waals surface area (Å²) >= 11 is 0. The van der Waals surface area contributed by atoms with Gasteiger partial charge in [0, 0.05) is 18.9 Å². The lowest BCUT2D eigenvalue weighted by molar-refractivity contribution is 0.516. The summed E-state index contributed by atoms with van der Waals surface area (Å²) in [5.74, 6) is 0. The first-order chi connectivity index (χ1) is 8.43. The number of aryl methyl sites for hydroxylation is 1. The van der Waals surface area contributed by atoms with Crippen LogP contribution in [-0.2, 0) is 13.0 Å². The molecule has 3 rings (SSSR count). The van der Waals surface area contributed by atoms with Crippen molar-refractivity contribution in [3.8, 4) is 0 Å². The maximum absolute atomic E-state index is 4.47. The van der Waals surface area contributed by atoms with Gasteiger partial charge in [-0.25, -0.2) is 0 Å². The Morgan fingerprint density at radius 3 is 2.94 bits per heavy atom. The second kappa shape index (κ2) is 4.63. The van der Waals surface area contributed by atoms with E-state index in [-0.39, 0.29) is 0 Å². The van der Waals surface area contributed by atoms with Gasteiger partial charge in [-0.2, -0.15) is 0 Å². The molecule has 17 heavy (non-hydrogen) atoms. The standard InChI is InChI=1S/C14H15N3/c1-2-8-15-12(5-1)10-17-13-7-6-11-4-3-9-16-14(11)13/h1-5,8-9,13,17H,6-7,10H2. The smallest absolute Gasteiger partial charge is 0.0605 e. The molecule has 0 radical (unpaired) electrons. The van der Waals surface area contributed by atoms with Crippen LogP contribution in [0.4, 0.5) is 0 Å². The average Bonchev–Trinajstić information content (AvgIpc) is 2.81. The SMILES string of the molecule is c1ccc(CNC2CCc3cccnc32)nc1. The Kier molecular flexibility index (Phi) is 2.84. The van der Waals surface area contributed by atoms with Crippen molar-refractivity contribution in [2.75, 3.05) is 0 Å². The molecule has 0 aliphatic heterocycles. The summed E-state index contributed by atoms with van der Waals surface area (Å²) in [6, 6.07) is 10.6. The Hall–Kier alpha value is -1.74. The third-order valence-corrected chi connectivity index (χ3v) is 3.21. The van der Waals surface area contributed by atoms with Crippen molar-refractivity contribution in [1.29, 1.82) is 0 Å². The van der Waals surface area contributed by atoms with Crippen LogP contribution in [0.25, 0.3) is 0 Å². The zero-order valence-electron chi connectivity index (χ0n) is 9.63. The minimum Gasteiger partial charge on any atom is -0.303 e. The van der Waals surface area contributed by atoms with Crippen LogP contribution < -0.4 is 5.32 Å². The molecule has 2 heterocycles. The predicted octanol–water partition coefficient (Wildman–Crippen LogP) is 2.25. The predicted molar refractivity (Wildman–Crippen MR) is 66.4 cm³/mol. The third-order valence-electron chi connectivity index (χ3n) is 3.21. The van der Waals surface area contributed by atoms with E-state index in [0.29, 0.717) is 6.04 Å². The molecule has 3 nitrogen and oxygen atoms in total. The first-order valence-electron chi connectivity index (χ1n) is 6.00. The number of pyridine rings is 2. The molecule has 2 aromatic heterocycles. The van der Waals surface area contributed by atoms with Crippen LogP contribution in [0.1, 0.15) is 29.4 Å². The number of hydrogen-bond donors (Lipinski definition) is 1. The van der Waals surface area contributed by atoms with E-state index in [1.807, 2.05) is 36.7 Å². The van der Waals surface area contributed by atoms with Gasteiger partial charge >= 0.3 is 0 Å². The molecule has 1 atom stereocenters. The molecule has 1 N–H and O–H groups in total. The van der Waals surface area contributed by atoms with Gasteiger partial charge in [0.05, 0.1) is 17.4 Å². The summed E-state index contributed by atoms with van der Waals surface area (Å²) in [7, 11) is 0. The van der Waals surface area contributed by atoms with Crippen molar-refractivity contribution in [3.05, 3.63) is 59.7 Å². The van der Waals surface area contributed by atoms with Gasteiger partial charge in [0.25, 0.3) is 0 Å². The van der Waals surface area contributed by atoms with Crippen molar-refractivity contribution in [2.45, 2.75) is 25.4 Å². The van der Waals surface area contributed by atoms with E-state index in [0.717, 1.165) is 25.1 Å². The third kappa shape index (κ3) is 2.19. The number of nitrogens with one attached hydrogen (secondary N) is 1. The van der Waals surface area contributed by atoms with E-state index in [4.69, 9.17) is 0 Å². The molecule has 2 aromatic rings. The summed E-state index contributed by atoms with van der Waals surface area (Å²) in [5.41, 5.74) is 3.67. The van der Waals surface area contributed by atoms with Crippen molar-refractivity contribution < 1.29 is 0 Å². The van der Waals surface area contributed by atoms with Crippen LogP contribution >= 0.6 is 0 Å². The maximum atomic E-state index is 4.47. The maximum Gasteiger partial charge on any atom is 0.0605 e. The van der Waals surface area contributed by atoms with Gasteiger partial charge < -0.3 is 5.32 Å². The Labute approximate surface area is 101 Å². The van der Waals surface area contributed by atoms with Crippen molar-refractivity contribution in [2.24, 2.45) is 0 Å². The van der Waals surface area contributed by atoms with Gasteiger partial charge in [-0.15, -0.1) is 0 Å². The van der Waals surface area contributed by atoms with Crippen LogP contribution in [0, 0.1) is 0 Å². The quantitative estimate of drug-likeness (QED) is 0.870. The highest BCUT2D eigenvalue weighted by atomic mass is 15.0. The molecular weight excluding hydrogens is 210 g/mol. The molecule has 1 aliphatic rings. The van der Waals surface area contributed by atoms with Gasteiger partial charge in [0.15, 0.2) is 0 Å². The van der Waals surface area contributed by atoms with E-state index in [9.17, 15) is 0 Å². The Balaban J connectivity index is 1.68. The molecule has 0 amide bonds. The summed E-state index contributed by atoms with van der Waals surface area (Å²) in [5, 5.41) is 3.53. The molecule has 0 fully saturated rings. The van der Waals surface area contributed by atoms with E-state index in [2.05, 4.69) is 21.4 Å². The molecule has 0 bridgehead atoms. The fraction of sp³-hybridized carbons (Fsp3) is 0.286. The van der Waals surface area contributed by atoms with Gasteiger partial charge in [-0.05, 0) is 36.6 Å².